The summed E-state index contributed by atoms with van der Waals surface area (Å²) in [6, 6.07) is 0.417. The number of ether oxygens (including phenoxy) is 1. The highest BCUT2D eigenvalue weighted by Gasteiger charge is 2.32. The van der Waals surface area contributed by atoms with E-state index in [1.807, 2.05) is 0 Å². The van der Waals surface area contributed by atoms with E-state index in [4.69, 9.17) is 10.5 Å². The average molecular weight is 240 g/mol. The molecule has 0 aromatic rings. The topological polar surface area (TPSA) is 38.5 Å². The predicted molar refractivity (Wildman–Crippen MR) is 71.0 cm³/mol. The largest absolute Gasteiger partial charge is 0.374 e. The van der Waals surface area contributed by atoms with E-state index in [0.29, 0.717) is 18.2 Å². The molecule has 0 amide bonds. The van der Waals surface area contributed by atoms with E-state index in [1.165, 1.54) is 45.1 Å². The van der Waals surface area contributed by atoms with Crippen molar-refractivity contribution in [3.05, 3.63) is 0 Å². The lowest BCUT2D eigenvalue weighted by atomic mass is 10.0. The van der Waals surface area contributed by atoms with Crippen molar-refractivity contribution < 1.29 is 4.74 Å². The van der Waals surface area contributed by atoms with Crippen LogP contribution in [0, 0.1) is 5.92 Å². The van der Waals surface area contributed by atoms with Crippen molar-refractivity contribution in [1.82, 2.24) is 4.90 Å². The molecule has 1 saturated heterocycles. The molecule has 3 heteroatoms. The second-order valence-corrected chi connectivity index (χ2v) is 5.96. The Bertz CT molecular complexity index is 228. The van der Waals surface area contributed by atoms with E-state index in [0.717, 1.165) is 12.5 Å². The van der Waals surface area contributed by atoms with Gasteiger partial charge in [-0.25, -0.2) is 0 Å². The van der Waals surface area contributed by atoms with Crippen LogP contribution in [0.2, 0.25) is 0 Å². The van der Waals surface area contributed by atoms with Crippen molar-refractivity contribution in [2.24, 2.45) is 11.7 Å². The molecule has 0 spiro atoms. The van der Waals surface area contributed by atoms with Crippen LogP contribution >= 0.6 is 0 Å². The average Bonchev–Trinajstić information content (AvgIpc) is 2.91. The van der Waals surface area contributed by atoms with Gasteiger partial charge in [0, 0.05) is 19.1 Å². The van der Waals surface area contributed by atoms with Crippen LogP contribution in [0.5, 0.6) is 0 Å². The van der Waals surface area contributed by atoms with Crippen LogP contribution in [0.4, 0.5) is 0 Å². The second-order valence-electron chi connectivity index (χ2n) is 5.96. The fraction of sp³-hybridized carbons (Fsp3) is 1.00. The zero-order chi connectivity index (χ0) is 12.3. The van der Waals surface area contributed by atoms with Gasteiger partial charge in [0.05, 0.1) is 12.2 Å². The van der Waals surface area contributed by atoms with Crippen molar-refractivity contribution in [2.45, 2.75) is 63.7 Å². The summed E-state index contributed by atoms with van der Waals surface area (Å²) in [5.41, 5.74) is 5.95. The summed E-state index contributed by atoms with van der Waals surface area (Å²) < 4.78 is 5.98. The number of nitrogens with two attached hydrogens (primary N) is 1. The Kier molecular flexibility index (Phi) is 4.83. The van der Waals surface area contributed by atoms with Crippen LogP contribution in [0.3, 0.4) is 0 Å². The molecule has 3 unspecified atom stereocenters. The number of hydrogen-bond acceptors (Lipinski definition) is 3. The lowest BCUT2D eigenvalue weighted by Crippen LogP contribution is -2.47. The van der Waals surface area contributed by atoms with Crippen molar-refractivity contribution in [1.29, 1.82) is 0 Å². The molecule has 2 N–H and O–H groups in total. The van der Waals surface area contributed by atoms with Crippen LogP contribution in [0.25, 0.3) is 0 Å². The quantitative estimate of drug-likeness (QED) is 0.799. The number of likely N-dealkylation sites (N-methyl/N-ethyl adjacent to an activating group) is 1. The highest BCUT2D eigenvalue weighted by Crippen LogP contribution is 2.28. The van der Waals surface area contributed by atoms with E-state index in [9.17, 15) is 0 Å². The van der Waals surface area contributed by atoms with Gasteiger partial charge in [0.1, 0.15) is 0 Å². The first-order chi connectivity index (χ1) is 8.20. The Morgan fingerprint density at radius 3 is 2.47 bits per heavy atom. The summed E-state index contributed by atoms with van der Waals surface area (Å²) >= 11 is 0. The van der Waals surface area contributed by atoms with Gasteiger partial charge in [-0.2, -0.15) is 0 Å². The van der Waals surface area contributed by atoms with Gasteiger partial charge < -0.3 is 10.5 Å². The van der Waals surface area contributed by atoms with E-state index in [-0.39, 0.29) is 0 Å². The van der Waals surface area contributed by atoms with Crippen molar-refractivity contribution >= 4 is 0 Å². The first-order valence-corrected chi connectivity index (χ1v) is 7.26. The Balaban J connectivity index is 1.83. The maximum absolute atomic E-state index is 5.98. The Labute approximate surface area is 106 Å². The van der Waals surface area contributed by atoms with Gasteiger partial charge in [-0.15, -0.1) is 0 Å². The summed E-state index contributed by atoms with van der Waals surface area (Å²) in [7, 11) is 2.22. The molecule has 0 bridgehead atoms. The molecular weight excluding hydrogens is 212 g/mol. The maximum Gasteiger partial charge on any atom is 0.0746 e. The fourth-order valence-electron chi connectivity index (χ4n) is 3.47. The molecule has 17 heavy (non-hydrogen) atoms. The lowest BCUT2D eigenvalue weighted by molar-refractivity contribution is -0.000467. The minimum Gasteiger partial charge on any atom is -0.374 e. The van der Waals surface area contributed by atoms with Gasteiger partial charge in [0.25, 0.3) is 0 Å². The molecule has 3 nitrogen and oxygen atoms in total. The van der Waals surface area contributed by atoms with Gasteiger partial charge >= 0.3 is 0 Å². The highest BCUT2D eigenvalue weighted by molar-refractivity contribution is 4.85. The van der Waals surface area contributed by atoms with Crippen LogP contribution in [0.15, 0.2) is 0 Å². The molecule has 1 aliphatic carbocycles. The molecule has 2 aliphatic rings. The molecule has 100 valence electrons. The summed E-state index contributed by atoms with van der Waals surface area (Å²) in [4.78, 5) is 2.46. The van der Waals surface area contributed by atoms with Crippen LogP contribution < -0.4 is 5.73 Å². The molecule has 2 fully saturated rings. The molecule has 0 radical (unpaired) electrons. The van der Waals surface area contributed by atoms with Crippen molar-refractivity contribution in [3.8, 4) is 0 Å². The Morgan fingerprint density at radius 2 is 1.94 bits per heavy atom. The molecule has 3 atom stereocenters. The van der Waals surface area contributed by atoms with E-state index < -0.39 is 0 Å². The zero-order valence-corrected chi connectivity index (χ0v) is 11.4. The first kappa shape index (κ1) is 13.3. The third-order valence-electron chi connectivity index (χ3n) is 4.52. The Morgan fingerprint density at radius 1 is 1.24 bits per heavy atom. The van der Waals surface area contributed by atoms with Crippen LogP contribution in [-0.2, 0) is 4.74 Å². The van der Waals surface area contributed by atoms with Crippen molar-refractivity contribution in [3.63, 3.8) is 0 Å². The molecule has 1 aliphatic heterocycles. The molecule has 2 rings (SSSR count). The summed E-state index contributed by atoms with van der Waals surface area (Å²) in [5.74, 6) is 0.896. The number of rotatable bonds is 5. The molecule has 0 aromatic heterocycles. The smallest absolute Gasteiger partial charge is 0.0746 e. The van der Waals surface area contributed by atoms with Gasteiger partial charge in [0.15, 0.2) is 0 Å². The maximum atomic E-state index is 5.98. The SMILES string of the molecule is CC1CCC(C(CN)N(C)CC2CCCC2)O1. The number of hydrogen-bond donors (Lipinski definition) is 1. The van der Waals surface area contributed by atoms with Crippen molar-refractivity contribution in [2.75, 3.05) is 20.1 Å². The second kappa shape index (κ2) is 6.17. The predicted octanol–water partition coefficient (Wildman–Crippen LogP) is 2.00. The van der Waals surface area contributed by atoms with E-state index >= 15 is 0 Å². The van der Waals surface area contributed by atoms with Crippen LogP contribution in [0.1, 0.15) is 45.4 Å². The number of nitrogens with zero attached hydrogens (tertiary/aromatic N) is 1. The summed E-state index contributed by atoms with van der Waals surface area (Å²) in [6.45, 7) is 4.10. The summed E-state index contributed by atoms with van der Waals surface area (Å²) in [6.07, 6.45) is 8.81. The first-order valence-electron chi connectivity index (χ1n) is 7.26. The molecule has 1 saturated carbocycles. The Hall–Kier alpha value is -0.120. The van der Waals surface area contributed by atoms with Crippen LogP contribution in [-0.4, -0.2) is 43.3 Å². The monoisotopic (exact) mass is 240 g/mol. The third-order valence-corrected chi connectivity index (χ3v) is 4.52. The fourth-order valence-corrected chi connectivity index (χ4v) is 3.47. The zero-order valence-electron chi connectivity index (χ0n) is 11.4. The third kappa shape index (κ3) is 3.43. The van der Waals surface area contributed by atoms with E-state index in [1.54, 1.807) is 0 Å². The van der Waals surface area contributed by atoms with Gasteiger partial charge in [-0.3, -0.25) is 4.90 Å². The molecule has 1 heterocycles. The normalized spacial score (nSPS) is 32.5. The highest BCUT2D eigenvalue weighted by atomic mass is 16.5. The molecule has 0 aromatic carbocycles. The minimum atomic E-state index is 0.362. The molecular formula is C14H28N2O. The minimum absolute atomic E-state index is 0.362. The van der Waals surface area contributed by atoms with Gasteiger partial charge in [-0.1, -0.05) is 12.8 Å². The lowest BCUT2D eigenvalue weighted by Gasteiger charge is -2.33. The van der Waals surface area contributed by atoms with Gasteiger partial charge in [-0.05, 0) is 45.6 Å². The standard InChI is InChI=1S/C14H28N2O/c1-11-7-8-14(17-11)13(9-15)16(2)10-12-5-3-4-6-12/h11-14H,3-10,15H2,1-2H3. The van der Waals surface area contributed by atoms with Gasteiger partial charge in [0.2, 0.25) is 0 Å². The van der Waals surface area contributed by atoms with E-state index in [2.05, 4.69) is 18.9 Å². The summed E-state index contributed by atoms with van der Waals surface area (Å²) in [5, 5.41) is 0.